The summed E-state index contributed by atoms with van der Waals surface area (Å²) in [7, 11) is 3.24. The Morgan fingerprint density at radius 3 is 2.68 bits per heavy atom. The van der Waals surface area contributed by atoms with Crippen molar-refractivity contribution in [3.8, 4) is 11.5 Å². The lowest BCUT2D eigenvalue weighted by Gasteiger charge is -2.29. The average molecular weight is 379 g/mol. The smallest absolute Gasteiger partial charge is 0.233 e. The zero-order valence-electron chi connectivity index (χ0n) is 14.1. The highest BCUT2D eigenvalue weighted by Crippen LogP contribution is 2.33. The molecule has 0 spiro atoms. The van der Waals surface area contributed by atoms with E-state index in [-0.39, 0.29) is 5.91 Å². The molecular formula is C18H19ClN2O3S. The van der Waals surface area contributed by atoms with E-state index < -0.39 is 0 Å². The fourth-order valence-corrected chi connectivity index (χ4v) is 3.86. The van der Waals surface area contributed by atoms with Gasteiger partial charge in [-0.2, -0.15) is 0 Å². The molecule has 0 radical (unpaired) electrons. The van der Waals surface area contributed by atoms with Crippen LogP contribution in [0.2, 0.25) is 5.02 Å². The number of amides is 1. The van der Waals surface area contributed by atoms with E-state index in [9.17, 15) is 4.79 Å². The van der Waals surface area contributed by atoms with Crippen LogP contribution < -0.4 is 9.47 Å². The molecule has 0 aliphatic carbocycles. The Morgan fingerprint density at radius 2 is 2.00 bits per heavy atom. The minimum Gasteiger partial charge on any atom is -0.493 e. The SMILES string of the molecule is COc1cc2c(cc1OC)CN(C(=O)CSc1ncccc1Cl)CC2. The van der Waals surface area contributed by atoms with Gasteiger partial charge in [0.1, 0.15) is 5.03 Å². The lowest BCUT2D eigenvalue weighted by Crippen LogP contribution is -2.37. The molecule has 2 heterocycles. The van der Waals surface area contributed by atoms with Crippen LogP contribution in [0.1, 0.15) is 11.1 Å². The minimum atomic E-state index is 0.0761. The fourth-order valence-electron chi connectivity index (χ4n) is 2.79. The molecule has 3 rings (SSSR count). The van der Waals surface area contributed by atoms with E-state index in [0.717, 1.165) is 17.7 Å². The second-order valence-corrected chi connectivity index (χ2v) is 6.99. The summed E-state index contributed by atoms with van der Waals surface area (Å²) in [4.78, 5) is 18.6. The molecule has 0 atom stereocenters. The molecule has 132 valence electrons. The Balaban J connectivity index is 1.67. The summed E-state index contributed by atoms with van der Waals surface area (Å²) in [6, 6.07) is 7.50. The van der Waals surface area contributed by atoms with E-state index in [1.807, 2.05) is 17.0 Å². The maximum Gasteiger partial charge on any atom is 0.233 e. The van der Waals surface area contributed by atoms with Crippen LogP contribution in [0.25, 0.3) is 0 Å². The standard InChI is InChI=1S/C18H19ClN2O3S/c1-23-15-8-12-5-7-21(10-13(12)9-16(15)24-2)17(22)11-25-18-14(19)4-3-6-20-18/h3-4,6,8-9H,5,7,10-11H2,1-2H3. The van der Waals surface area contributed by atoms with Crippen molar-refractivity contribution in [2.45, 2.75) is 18.0 Å². The van der Waals surface area contributed by atoms with Crippen molar-refractivity contribution >= 4 is 29.3 Å². The van der Waals surface area contributed by atoms with Gasteiger partial charge >= 0.3 is 0 Å². The minimum absolute atomic E-state index is 0.0761. The molecule has 0 fully saturated rings. The second-order valence-electron chi connectivity index (χ2n) is 5.62. The zero-order chi connectivity index (χ0) is 17.8. The summed E-state index contributed by atoms with van der Waals surface area (Å²) in [6.07, 6.45) is 2.48. The number of carbonyl (C=O) groups is 1. The molecule has 0 saturated heterocycles. The number of fused-ring (bicyclic) bond motifs is 1. The van der Waals surface area contributed by atoms with Gasteiger partial charge in [0.25, 0.3) is 0 Å². The predicted molar refractivity (Wildman–Crippen MR) is 98.6 cm³/mol. The van der Waals surface area contributed by atoms with Gasteiger partial charge in [0, 0.05) is 19.3 Å². The van der Waals surface area contributed by atoms with E-state index in [1.54, 1.807) is 32.5 Å². The molecule has 1 amide bonds. The summed E-state index contributed by atoms with van der Waals surface area (Å²) in [5.41, 5.74) is 2.29. The van der Waals surface area contributed by atoms with Crippen molar-refractivity contribution in [1.82, 2.24) is 9.88 Å². The number of nitrogens with zero attached hydrogens (tertiary/aromatic N) is 2. The number of halogens is 1. The van der Waals surface area contributed by atoms with Gasteiger partial charge < -0.3 is 14.4 Å². The zero-order valence-corrected chi connectivity index (χ0v) is 15.7. The largest absolute Gasteiger partial charge is 0.493 e. The van der Waals surface area contributed by atoms with Crippen molar-refractivity contribution < 1.29 is 14.3 Å². The van der Waals surface area contributed by atoms with Gasteiger partial charge in [-0.05, 0) is 41.8 Å². The molecule has 0 saturated carbocycles. The summed E-state index contributed by atoms with van der Waals surface area (Å²) in [6.45, 7) is 1.27. The van der Waals surface area contributed by atoms with Crippen LogP contribution in [-0.2, 0) is 17.8 Å². The second kappa shape index (κ2) is 7.97. The molecule has 2 aromatic rings. The first kappa shape index (κ1) is 17.9. The first-order chi connectivity index (χ1) is 12.1. The molecular weight excluding hydrogens is 360 g/mol. The highest BCUT2D eigenvalue weighted by atomic mass is 35.5. The normalized spacial score (nSPS) is 13.3. The number of aromatic nitrogens is 1. The van der Waals surface area contributed by atoms with Gasteiger partial charge in [0.05, 0.1) is 25.0 Å². The Hall–Kier alpha value is -1.92. The third-order valence-electron chi connectivity index (χ3n) is 4.13. The van der Waals surface area contributed by atoms with Crippen LogP contribution >= 0.6 is 23.4 Å². The lowest BCUT2D eigenvalue weighted by molar-refractivity contribution is -0.129. The van der Waals surface area contributed by atoms with Crippen LogP contribution in [-0.4, -0.2) is 42.3 Å². The Morgan fingerprint density at radius 1 is 1.28 bits per heavy atom. The Labute approximate surface area is 156 Å². The average Bonchev–Trinajstić information content (AvgIpc) is 2.65. The van der Waals surface area contributed by atoms with Gasteiger partial charge in [-0.25, -0.2) is 4.98 Å². The van der Waals surface area contributed by atoms with E-state index in [4.69, 9.17) is 21.1 Å². The van der Waals surface area contributed by atoms with Crippen molar-refractivity contribution in [2.24, 2.45) is 0 Å². The molecule has 1 aromatic heterocycles. The first-order valence-electron chi connectivity index (χ1n) is 7.87. The fraction of sp³-hybridized carbons (Fsp3) is 0.333. The van der Waals surface area contributed by atoms with Gasteiger partial charge in [-0.1, -0.05) is 23.4 Å². The van der Waals surface area contributed by atoms with E-state index >= 15 is 0 Å². The van der Waals surface area contributed by atoms with Crippen LogP contribution in [0, 0.1) is 0 Å². The number of benzene rings is 1. The molecule has 0 bridgehead atoms. The predicted octanol–water partition coefficient (Wildman–Crippen LogP) is 3.43. The molecule has 1 aromatic carbocycles. The third kappa shape index (κ3) is 4.02. The van der Waals surface area contributed by atoms with E-state index in [0.29, 0.717) is 34.6 Å². The van der Waals surface area contributed by atoms with Crippen molar-refractivity contribution in [1.29, 1.82) is 0 Å². The van der Waals surface area contributed by atoms with E-state index in [1.165, 1.54) is 17.3 Å². The summed E-state index contributed by atoms with van der Waals surface area (Å²) >= 11 is 7.45. The molecule has 1 aliphatic rings. The van der Waals surface area contributed by atoms with Gasteiger partial charge in [-0.3, -0.25) is 4.79 Å². The maximum atomic E-state index is 12.5. The molecule has 1 aliphatic heterocycles. The summed E-state index contributed by atoms with van der Waals surface area (Å²) in [5, 5.41) is 1.25. The number of carbonyl (C=O) groups excluding carboxylic acids is 1. The van der Waals surface area contributed by atoms with Crippen molar-refractivity contribution in [3.63, 3.8) is 0 Å². The van der Waals surface area contributed by atoms with Crippen molar-refractivity contribution in [3.05, 3.63) is 46.6 Å². The van der Waals surface area contributed by atoms with Crippen LogP contribution in [0.15, 0.2) is 35.5 Å². The van der Waals surface area contributed by atoms with Gasteiger partial charge in [-0.15, -0.1) is 0 Å². The summed E-state index contributed by atoms with van der Waals surface area (Å²) in [5.74, 6) is 1.80. The number of hydrogen-bond donors (Lipinski definition) is 0. The molecule has 7 heteroatoms. The molecule has 25 heavy (non-hydrogen) atoms. The number of thioether (sulfide) groups is 1. The third-order valence-corrected chi connectivity index (χ3v) is 5.53. The number of pyridine rings is 1. The highest BCUT2D eigenvalue weighted by molar-refractivity contribution is 8.00. The monoisotopic (exact) mass is 378 g/mol. The van der Waals surface area contributed by atoms with Crippen LogP contribution in [0.3, 0.4) is 0 Å². The summed E-state index contributed by atoms with van der Waals surface area (Å²) < 4.78 is 10.7. The maximum absolute atomic E-state index is 12.5. The first-order valence-corrected chi connectivity index (χ1v) is 9.23. The number of rotatable bonds is 5. The van der Waals surface area contributed by atoms with Crippen LogP contribution in [0.4, 0.5) is 0 Å². The van der Waals surface area contributed by atoms with Gasteiger partial charge in [0.2, 0.25) is 5.91 Å². The molecule has 5 nitrogen and oxygen atoms in total. The van der Waals surface area contributed by atoms with Crippen LogP contribution in [0.5, 0.6) is 11.5 Å². The van der Waals surface area contributed by atoms with E-state index in [2.05, 4.69) is 4.98 Å². The quantitative estimate of drug-likeness (QED) is 0.746. The Kier molecular flexibility index (Phi) is 5.71. The number of ether oxygens (including phenoxy) is 2. The lowest BCUT2D eigenvalue weighted by atomic mass is 9.99. The molecule has 0 unspecified atom stereocenters. The van der Waals surface area contributed by atoms with Gasteiger partial charge in [0.15, 0.2) is 11.5 Å². The highest BCUT2D eigenvalue weighted by Gasteiger charge is 2.23. The molecule has 0 N–H and O–H groups in total. The topological polar surface area (TPSA) is 51.7 Å². The van der Waals surface area contributed by atoms with Crippen molar-refractivity contribution in [2.75, 3.05) is 26.5 Å². The number of methoxy groups -OCH3 is 2. The number of hydrogen-bond acceptors (Lipinski definition) is 5. The Bertz CT molecular complexity index is 785.